The van der Waals surface area contributed by atoms with Gasteiger partial charge in [0.15, 0.2) is 0 Å². The van der Waals surface area contributed by atoms with E-state index in [0.717, 1.165) is 25.0 Å². The molecule has 5 heteroatoms. The van der Waals surface area contributed by atoms with Gasteiger partial charge in [-0.15, -0.1) is 0 Å². The smallest absolute Gasteiger partial charge is 0.328 e. The van der Waals surface area contributed by atoms with Crippen LogP contribution in [0.5, 0.6) is 0 Å². The number of halogens is 4. The topological polar surface area (TPSA) is 26.0 Å². The lowest BCUT2D eigenvalue weighted by molar-refractivity contribution is -0.137. The van der Waals surface area contributed by atoms with Crippen LogP contribution in [-0.4, -0.2) is 11.7 Å². The van der Waals surface area contributed by atoms with Crippen molar-refractivity contribution in [2.24, 2.45) is 5.73 Å². The summed E-state index contributed by atoms with van der Waals surface area (Å²) < 4.78 is 51.8. The molecule has 1 aliphatic carbocycles. The maximum absolute atomic E-state index is 14.5. The number of alkyl halides is 4. The van der Waals surface area contributed by atoms with Crippen LogP contribution in [0.2, 0.25) is 0 Å². The third kappa shape index (κ3) is 3.69. The van der Waals surface area contributed by atoms with Crippen LogP contribution in [0.15, 0.2) is 24.3 Å². The normalized spacial score (nSPS) is 28.4. The maximum atomic E-state index is 14.5. The number of benzene rings is 1. The second-order valence-electron chi connectivity index (χ2n) is 5.38. The molecule has 2 atom stereocenters. The fourth-order valence-corrected chi connectivity index (χ4v) is 2.69. The van der Waals surface area contributed by atoms with Gasteiger partial charge in [-0.2, -0.15) is 13.2 Å². The van der Waals surface area contributed by atoms with Crippen molar-refractivity contribution in [2.75, 3.05) is 0 Å². The lowest BCUT2D eigenvalue weighted by atomic mass is 9.80. The average Bonchev–Trinajstić information content (AvgIpc) is 2.27. The highest BCUT2D eigenvalue weighted by Crippen LogP contribution is 2.35. The average molecular weight is 275 g/mol. The summed E-state index contributed by atoms with van der Waals surface area (Å²) in [7, 11) is 0. The van der Waals surface area contributed by atoms with E-state index in [4.69, 9.17) is 5.73 Å². The van der Waals surface area contributed by atoms with Crippen LogP contribution < -0.4 is 5.73 Å². The van der Waals surface area contributed by atoms with Crippen molar-refractivity contribution >= 4 is 0 Å². The second kappa shape index (κ2) is 5.12. The predicted molar refractivity (Wildman–Crippen MR) is 65.4 cm³/mol. The lowest BCUT2D eigenvalue weighted by Crippen LogP contribution is -2.39. The highest BCUT2D eigenvalue weighted by molar-refractivity contribution is 5.26. The Kier molecular flexibility index (Phi) is 3.85. The van der Waals surface area contributed by atoms with Gasteiger partial charge in [0.25, 0.3) is 0 Å². The van der Waals surface area contributed by atoms with E-state index in [1.807, 2.05) is 0 Å². The molecule has 106 valence electrons. The standard InChI is InChI=1S/C14H17F4N/c15-13(7-1-2-12(19)9-13)8-10-3-5-11(6-4-10)14(16,17)18/h3-6,12H,1-2,7-9,19H2. The summed E-state index contributed by atoms with van der Waals surface area (Å²) in [6.07, 6.45) is -1.94. The second-order valence-corrected chi connectivity index (χ2v) is 5.38. The summed E-state index contributed by atoms with van der Waals surface area (Å²) in [5.41, 5.74) is 4.26. The maximum Gasteiger partial charge on any atom is 0.416 e. The molecule has 2 N–H and O–H groups in total. The van der Waals surface area contributed by atoms with Gasteiger partial charge in [-0.25, -0.2) is 4.39 Å². The third-order valence-electron chi connectivity index (χ3n) is 3.63. The van der Waals surface area contributed by atoms with Crippen LogP contribution in [0.25, 0.3) is 0 Å². The van der Waals surface area contributed by atoms with Crippen LogP contribution in [0.1, 0.15) is 36.8 Å². The van der Waals surface area contributed by atoms with E-state index < -0.39 is 17.4 Å². The molecule has 0 heterocycles. The zero-order valence-corrected chi connectivity index (χ0v) is 10.5. The Morgan fingerprint density at radius 1 is 1.21 bits per heavy atom. The van der Waals surface area contributed by atoms with Gasteiger partial charge < -0.3 is 5.73 Å². The summed E-state index contributed by atoms with van der Waals surface area (Å²) >= 11 is 0. The van der Waals surface area contributed by atoms with E-state index in [0.29, 0.717) is 12.0 Å². The summed E-state index contributed by atoms with van der Waals surface area (Å²) in [4.78, 5) is 0. The van der Waals surface area contributed by atoms with Crippen molar-refractivity contribution in [1.29, 1.82) is 0 Å². The van der Waals surface area contributed by atoms with Gasteiger partial charge in [0, 0.05) is 12.5 Å². The minimum atomic E-state index is -4.35. The summed E-state index contributed by atoms with van der Waals surface area (Å²) in [5.74, 6) is 0. The van der Waals surface area contributed by atoms with E-state index in [2.05, 4.69) is 0 Å². The minimum absolute atomic E-state index is 0.138. The van der Waals surface area contributed by atoms with Crippen molar-refractivity contribution in [3.63, 3.8) is 0 Å². The molecule has 0 amide bonds. The molecule has 2 rings (SSSR count). The fraction of sp³-hybridized carbons (Fsp3) is 0.571. The molecule has 0 bridgehead atoms. The zero-order valence-electron chi connectivity index (χ0n) is 10.5. The Hall–Kier alpha value is -1.10. The van der Waals surface area contributed by atoms with Crippen LogP contribution in [0.3, 0.4) is 0 Å². The van der Waals surface area contributed by atoms with Crippen molar-refractivity contribution in [3.05, 3.63) is 35.4 Å². The molecule has 1 fully saturated rings. The molecule has 1 aliphatic rings. The molecular formula is C14H17F4N. The number of rotatable bonds is 2. The van der Waals surface area contributed by atoms with Crippen molar-refractivity contribution < 1.29 is 17.6 Å². The van der Waals surface area contributed by atoms with E-state index >= 15 is 0 Å². The van der Waals surface area contributed by atoms with Gasteiger partial charge in [-0.05, 0) is 43.4 Å². The molecule has 1 aromatic rings. The molecule has 0 spiro atoms. The van der Waals surface area contributed by atoms with Gasteiger partial charge >= 0.3 is 6.18 Å². The molecule has 0 saturated heterocycles. The highest BCUT2D eigenvalue weighted by atomic mass is 19.4. The summed E-state index contributed by atoms with van der Waals surface area (Å²) in [6, 6.07) is 4.56. The Morgan fingerprint density at radius 3 is 2.37 bits per heavy atom. The largest absolute Gasteiger partial charge is 0.416 e. The SMILES string of the molecule is NC1CCCC(F)(Cc2ccc(C(F)(F)F)cc2)C1. The highest BCUT2D eigenvalue weighted by Gasteiger charge is 2.35. The van der Waals surface area contributed by atoms with Crippen LogP contribution >= 0.6 is 0 Å². The Labute approximate surface area is 109 Å². The minimum Gasteiger partial charge on any atom is -0.328 e. The van der Waals surface area contributed by atoms with Crippen LogP contribution in [0.4, 0.5) is 17.6 Å². The molecular weight excluding hydrogens is 258 g/mol. The first-order valence-electron chi connectivity index (χ1n) is 6.39. The van der Waals surface area contributed by atoms with Crippen molar-refractivity contribution in [2.45, 2.75) is 50.0 Å². The van der Waals surface area contributed by atoms with Crippen molar-refractivity contribution in [3.8, 4) is 0 Å². The third-order valence-corrected chi connectivity index (χ3v) is 3.63. The van der Waals surface area contributed by atoms with Gasteiger partial charge in [-0.1, -0.05) is 12.1 Å². The Morgan fingerprint density at radius 2 is 1.84 bits per heavy atom. The lowest BCUT2D eigenvalue weighted by Gasteiger charge is -2.33. The van der Waals surface area contributed by atoms with Gasteiger partial charge in [-0.3, -0.25) is 0 Å². The van der Waals surface area contributed by atoms with E-state index in [1.165, 1.54) is 12.1 Å². The Balaban J connectivity index is 2.07. The molecule has 1 aromatic carbocycles. The first kappa shape index (κ1) is 14.3. The molecule has 0 aliphatic heterocycles. The quantitative estimate of drug-likeness (QED) is 0.815. The molecule has 1 saturated carbocycles. The monoisotopic (exact) mass is 275 g/mol. The molecule has 0 aromatic heterocycles. The number of hydrogen-bond donors (Lipinski definition) is 1. The first-order valence-corrected chi connectivity index (χ1v) is 6.39. The van der Waals surface area contributed by atoms with Crippen LogP contribution in [0, 0.1) is 0 Å². The van der Waals surface area contributed by atoms with Gasteiger partial charge in [0.2, 0.25) is 0 Å². The van der Waals surface area contributed by atoms with E-state index in [1.54, 1.807) is 0 Å². The van der Waals surface area contributed by atoms with Gasteiger partial charge in [0.05, 0.1) is 5.56 Å². The molecule has 2 unspecified atom stereocenters. The number of hydrogen-bond acceptors (Lipinski definition) is 1. The molecule has 1 nitrogen and oxygen atoms in total. The fourth-order valence-electron chi connectivity index (χ4n) is 2.69. The number of nitrogens with two attached hydrogens (primary N) is 1. The first-order chi connectivity index (χ1) is 8.78. The zero-order chi connectivity index (χ0) is 14.1. The van der Waals surface area contributed by atoms with Crippen LogP contribution in [-0.2, 0) is 12.6 Å². The van der Waals surface area contributed by atoms with Gasteiger partial charge in [0.1, 0.15) is 5.67 Å². The summed E-state index contributed by atoms with van der Waals surface area (Å²) in [5, 5.41) is 0. The Bertz CT molecular complexity index is 426. The molecule has 0 radical (unpaired) electrons. The predicted octanol–water partition coefficient (Wildman–Crippen LogP) is 3.86. The van der Waals surface area contributed by atoms with E-state index in [-0.39, 0.29) is 18.9 Å². The summed E-state index contributed by atoms with van der Waals surface area (Å²) in [6.45, 7) is 0. The van der Waals surface area contributed by atoms with Crippen molar-refractivity contribution in [1.82, 2.24) is 0 Å². The molecule has 19 heavy (non-hydrogen) atoms. The van der Waals surface area contributed by atoms with E-state index in [9.17, 15) is 17.6 Å².